The molecule has 3 aromatic rings. The number of benzene rings is 2. The number of carbonyl (C=O) groups is 2. The van der Waals surface area contributed by atoms with Gasteiger partial charge in [-0.2, -0.15) is 5.10 Å². The molecular formula is C25H29N3O3. The third-order valence-electron chi connectivity index (χ3n) is 5.41. The van der Waals surface area contributed by atoms with Crippen molar-refractivity contribution in [2.75, 3.05) is 6.61 Å². The third-order valence-corrected chi connectivity index (χ3v) is 5.41. The highest BCUT2D eigenvalue weighted by molar-refractivity contribution is 5.83. The molecule has 0 fully saturated rings. The summed E-state index contributed by atoms with van der Waals surface area (Å²) in [4.78, 5) is 24.7. The molecule has 1 aromatic heterocycles. The van der Waals surface area contributed by atoms with Crippen LogP contribution in [0.4, 0.5) is 0 Å². The van der Waals surface area contributed by atoms with E-state index in [1.165, 1.54) is 5.56 Å². The van der Waals surface area contributed by atoms with Crippen LogP contribution in [0.25, 0.3) is 0 Å². The lowest BCUT2D eigenvalue weighted by molar-refractivity contribution is -0.150. The van der Waals surface area contributed by atoms with Crippen molar-refractivity contribution in [1.29, 1.82) is 0 Å². The van der Waals surface area contributed by atoms with Crippen LogP contribution in [0.2, 0.25) is 0 Å². The number of amides is 1. The van der Waals surface area contributed by atoms with Gasteiger partial charge in [0.25, 0.3) is 5.91 Å². The molecule has 0 aliphatic carbocycles. The van der Waals surface area contributed by atoms with Crippen molar-refractivity contribution in [2.45, 2.75) is 46.2 Å². The Labute approximate surface area is 183 Å². The number of ether oxygens (including phenoxy) is 1. The highest BCUT2D eigenvalue weighted by Gasteiger charge is 2.21. The molecule has 162 valence electrons. The summed E-state index contributed by atoms with van der Waals surface area (Å²) in [6.45, 7) is 6.59. The topological polar surface area (TPSA) is 73.2 Å². The van der Waals surface area contributed by atoms with E-state index in [1.54, 1.807) is 0 Å². The van der Waals surface area contributed by atoms with Gasteiger partial charge in [0.1, 0.15) is 0 Å². The molecule has 1 N–H and O–H groups in total. The number of rotatable bonds is 9. The van der Waals surface area contributed by atoms with Crippen molar-refractivity contribution < 1.29 is 14.3 Å². The number of hydrogen-bond donors (Lipinski definition) is 1. The monoisotopic (exact) mass is 419 g/mol. The van der Waals surface area contributed by atoms with E-state index in [0.717, 1.165) is 22.5 Å². The first-order valence-electron chi connectivity index (χ1n) is 10.5. The second kappa shape index (κ2) is 10.6. The molecule has 3 rings (SSSR count). The maximum Gasteiger partial charge on any atom is 0.313 e. The number of aromatic nitrogens is 2. The lowest BCUT2D eigenvalue weighted by Gasteiger charge is -2.14. The zero-order valence-electron chi connectivity index (χ0n) is 18.3. The van der Waals surface area contributed by atoms with Crippen molar-refractivity contribution >= 4 is 11.9 Å². The molecule has 1 heterocycles. The van der Waals surface area contributed by atoms with Crippen LogP contribution in [0.5, 0.6) is 0 Å². The fourth-order valence-electron chi connectivity index (χ4n) is 3.60. The molecule has 1 atom stereocenters. The Morgan fingerprint density at radius 1 is 1.03 bits per heavy atom. The molecule has 6 nitrogen and oxygen atoms in total. The fourth-order valence-corrected chi connectivity index (χ4v) is 3.60. The predicted molar refractivity (Wildman–Crippen MR) is 120 cm³/mol. The predicted octanol–water partition coefficient (Wildman–Crippen LogP) is 3.90. The maximum atomic E-state index is 12.4. The van der Waals surface area contributed by atoms with Crippen molar-refractivity contribution in [3.05, 3.63) is 88.7 Å². The van der Waals surface area contributed by atoms with Gasteiger partial charge < -0.3 is 10.1 Å². The van der Waals surface area contributed by atoms with Crippen molar-refractivity contribution in [3.63, 3.8) is 0 Å². The Morgan fingerprint density at radius 3 is 2.32 bits per heavy atom. The average molecular weight is 420 g/mol. The Balaban J connectivity index is 1.53. The van der Waals surface area contributed by atoms with Gasteiger partial charge in [0.2, 0.25) is 0 Å². The van der Waals surface area contributed by atoms with E-state index >= 15 is 0 Å². The Kier molecular flexibility index (Phi) is 7.60. The number of hydrogen-bond acceptors (Lipinski definition) is 4. The van der Waals surface area contributed by atoms with E-state index in [0.29, 0.717) is 19.5 Å². The summed E-state index contributed by atoms with van der Waals surface area (Å²) in [7, 11) is 0. The average Bonchev–Trinajstić information content (AvgIpc) is 3.05. The summed E-state index contributed by atoms with van der Waals surface area (Å²) >= 11 is 0. The summed E-state index contributed by atoms with van der Waals surface area (Å²) < 4.78 is 7.21. The van der Waals surface area contributed by atoms with Gasteiger partial charge in [-0.1, -0.05) is 67.6 Å². The number of nitrogens with zero attached hydrogens (tertiary/aromatic N) is 2. The van der Waals surface area contributed by atoms with Crippen LogP contribution in [0.15, 0.2) is 60.7 Å². The van der Waals surface area contributed by atoms with Crippen molar-refractivity contribution in [1.82, 2.24) is 15.1 Å². The van der Waals surface area contributed by atoms with Crippen LogP contribution in [0, 0.1) is 13.8 Å². The van der Waals surface area contributed by atoms with Gasteiger partial charge in [0.05, 0.1) is 18.2 Å². The maximum absolute atomic E-state index is 12.4. The molecular weight excluding hydrogens is 390 g/mol. The first-order chi connectivity index (χ1) is 15.0. The second-order valence-electron chi connectivity index (χ2n) is 7.55. The van der Waals surface area contributed by atoms with Crippen LogP contribution in [0.3, 0.4) is 0 Å². The van der Waals surface area contributed by atoms with E-state index in [1.807, 2.05) is 74.0 Å². The largest absolute Gasteiger partial charge is 0.455 e. The molecule has 2 aromatic carbocycles. The van der Waals surface area contributed by atoms with Crippen LogP contribution in [-0.2, 0) is 27.4 Å². The normalized spacial score (nSPS) is 11.7. The summed E-state index contributed by atoms with van der Waals surface area (Å²) in [5.41, 5.74) is 4.92. The SMILES string of the molecule is CCC(C(=O)OCC(=O)NCc1c(C)nn(Cc2ccccc2)c1C)c1ccccc1. The Hall–Kier alpha value is -3.41. The molecule has 6 heteroatoms. The Morgan fingerprint density at radius 2 is 1.68 bits per heavy atom. The quantitative estimate of drug-likeness (QED) is 0.534. The first-order valence-corrected chi connectivity index (χ1v) is 10.5. The second-order valence-corrected chi connectivity index (χ2v) is 7.55. The summed E-state index contributed by atoms with van der Waals surface area (Å²) in [5, 5.41) is 7.45. The molecule has 0 bridgehead atoms. The molecule has 31 heavy (non-hydrogen) atoms. The zero-order chi connectivity index (χ0) is 22.2. The lowest BCUT2D eigenvalue weighted by atomic mass is 9.97. The lowest BCUT2D eigenvalue weighted by Crippen LogP contribution is -2.30. The van der Waals surface area contributed by atoms with Crippen LogP contribution in [-0.4, -0.2) is 28.3 Å². The van der Waals surface area contributed by atoms with E-state index in [2.05, 4.69) is 22.5 Å². The summed E-state index contributed by atoms with van der Waals surface area (Å²) in [5.74, 6) is -1.08. The number of nitrogens with one attached hydrogen (secondary N) is 1. The molecule has 0 saturated heterocycles. The highest BCUT2D eigenvalue weighted by Crippen LogP contribution is 2.20. The molecule has 0 spiro atoms. The van der Waals surface area contributed by atoms with Gasteiger partial charge in [-0.05, 0) is 31.4 Å². The van der Waals surface area contributed by atoms with Crippen LogP contribution >= 0.6 is 0 Å². The molecule has 0 aliphatic heterocycles. The van der Waals surface area contributed by atoms with E-state index in [9.17, 15) is 9.59 Å². The van der Waals surface area contributed by atoms with Gasteiger partial charge in [0.15, 0.2) is 6.61 Å². The minimum Gasteiger partial charge on any atom is -0.455 e. The number of carbonyl (C=O) groups excluding carboxylic acids is 2. The van der Waals surface area contributed by atoms with Gasteiger partial charge >= 0.3 is 5.97 Å². The van der Waals surface area contributed by atoms with Gasteiger partial charge in [-0.3, -0.25) is 14.3 Å². The third kappa shape index (κ3) is 5.81. The first kappa shape index (κ1) is 22.3. The summed E-state index contributed by atoms with van der Waals surface area (Å²) in [6, 6.07) is 19.6. The van der Waals surface area contributed by atoms with E-state index in [4.69, 9.17) is 4.74 Å². The minimum absolute atomic E-state index is 0.293. The van der Waals surface area contributed by atoms with Crippen LogP contribution < -0.4 is 5.32 Å². The molecule has 1 amide bonds. The van der Waals surface area contributed by atoms with Gasteiger partial charge in [0, 0.05) is 17.8 Å². The fraction of sp³-hybridized carbons (Fsp3) is 0.320. The smallest absolute Gasteiger partial charge is 0.313 e. The highest BCUT2D eigenvalue weighted by atomic mass is 16.5. The Bertz CT molecular complexity index is 1010. The summed E-state index contributed by atoms with van der Waals surface area (Å²) in [6.07, 6.45) is 0.615. The van der Waals surface area contributed by atoms with Gasteiger partial charge in [-0.25, -0.2) is 0 Å². The van der Waals surface area contributed by atoms with Crippen molar-refractivity contribution in [2.24, 2.45) is 0 Å². The zero-order valence-corrected chi connectivity index (χ0v) is 18.3. The molecule has 1 unspecified atom stereocenters. The van der Waals surface area contributed by atoms with E-state index in [-0.39, 0.29) is 24.4 Å². The van der Waals surface area contributed by atoms with Gasteiger partial charge in [-0.15, -0.1) is 0 Å². The van der Waals surface area contributed by atoms with E-state index < -0.39 is 0 Å². The van der Waals surface area contributed by atoms with Crippen LogP contribution in [0.1, 0.15) is 47.3 Å². The molecule has 0 radical (unpaired) electrons. The minimum atomic E-state index is -0.383. The standard InChI is InChI=1S/C25H29N3O3/c1-4-22(21-13-9-6-10-14-21)25(30)31-17-24(29)26-15-23-18(2)27-28(19(23)3)16-20-11-7-5-8-12-20/h5-14,22H,4,15-17H2,1-3H3,(H,26,29). The number of esters is 1. The number of aryl methyl sites for hydroxylation is 1. The molecule has 0 aliphatic rings. The van der Waals surface area contributed by atoms with Crippen molar-refractivity contribution in [3.8, 4) is 0 Å². The molecule has 0 saturated carbocycles.